The van der Waals surface area contributed by atoms with Gasteiger partial charge in [0.25, 0.3) is 15.9 Å². The van der Waals surface area contributed by atoms with Crippen molar-refractivity contribution >= 4 is 48.7 Å². The summed E-state index contributed by atoms with van der Waals surface area (Å²) >= 11 is 1.18. The minimum absolute atomic E-state index is 0.126. The maximum atomic E-state index is 13.8. The number of hydrogen-bond acceptors (Lipinski definition) is 4. The molecule has 0 saturated carbocycles. The Morgan fingerprint density at radius 3 is 2.38 bits per heavy atom. The highest BCUT2D eigenvalue weighted by atomic mass is 32.2. The molecule has 1 heterocycles. The lowest BCUT2D eigenvalue weighted by molar-refractivity contribution is 0.103. The van der Waals surface area contributed by atoms with Gasteiger partial charge in [0, 0.05) is 17.8 Å². The van der Waals surface area contributed by atoms with E-state index in [1.165, 1.54) is 22.7 Å². The lowest BCUT2D eigenvalue weighted by Crippen LogP contribution is -2.26. The van der Waals surface area contributed by atoms with Gasteiger partial charge in [0.2, 0.25) is 0 Å². The van der Waals surface area contributed by atoms with E-state index in [4.69, 9.17) is 0 Å². The molecule has 164 valence electrons. The lowest BCUT2D eigenvalue weighted by atomic mass is 10.2. The van der Waals surface area contributed by atoms with Crippen molar-refractivity contribution in [1.82, 2.24) is 0 Å². The largest absolute Gasteiger partial charge is 0.319 e. The summed E-state index contributed by atoms with van der Waals surface area (Å²) in [5.74, 6) is -2.15. The van der Waals surface area contributed by atoms with E-state index in [-0.39, 0.29) is 10.6 Å². The van der Waals surface area contributed by atoms with E-state index in [0.29, 0.717) is 22.0 Å². The van der Waals surface area contributed by atoms with Crippen LogP contribution in [-0.4, -0.2) is 21.4 Å². The third-order valence-corrected chi connectivity index (χ3v) is 7.86. The van der Waals surface area contributed by atoms with Crippen molar-refractivity contribution in [2.45, 2.75) is 11.8 Å². The second kappa shape index (κ2) is 8.33. The number of thiophene rings is 1. The molecule has 0 aliphatic rings. The molecule has 32 heavy (non-hydrogen) atoms. The molecule has 1 N–H and O–H groups in total. The monoisotopic (exact) mass is 472 g/mol. The van der Waals surface area contributed by atoms with Crippen LogP contribution in [0.4, 0.5) is 20.2 Å². The summed E-state index contributed by atoms with van der Waals surface area (Å²) in [6.45, 7) is 1.88. The summed E-state index contributed by atoms with van der Waals surface area (Å²) in [6, 6.07) is 16.1. The smallest absolute Gasteiger partial charge is 0.265 e. The zero-order chi connectivity index (χ0) is 23.0. The molecule has 0 fully saturated rings. The maximum absolute atomic E-state index is 13.8. The third-order valence-electron chi connectivity index (χ3n) is 4.95. The predicted molar refractivity (Wildman–Crippen MR) is 123 cm³/mol. The van der Waals surface area contributed by atoms with Crippen LogP contribution in [0.1, 0.15) is 15.2 Å². The van der Waals surface area contributed by atoms with Crippen LogP contribution in [0.3, 0.4) is 0 Å². The molecule has 4 aromatic rings. The maximum Gasteiger partial charge on any atom is 0.265 e. The van der Waals surface area contributed by atoms with Gasteiger partial charge < -0.3 is 5.32 Å². The van der Waals surface area contributed by atoms with Crippen LogP contribution in [0.5, 0.6) is 0 Å². The Labute approximate surface area is 188 Å². The average Bonchev–Trinajstić information content (AvgIpc) is 3.19. The fraction of sp³-hybridized carbons (Fsp3) is 0.0870. The van der Waals surface area contributed by atoms with Crippen LogP contribution >= 0.6 is 11.3 Å². The first kappa shape index (κ1) is 21.9. The molecule has 9 heteroatoms. The molecule has 0 bridgehead atoms. The fourth-order valence-electron chi connectivity index (χ4n) is 3.12. The van der Waals surface area contributed by atoms with Gasteiger partial charge in [-0.15, -0.1) is 11.3 Å². The van der Waals surface area contributed by atoms with Gasteiger partial charge in [-0.05, 0) is 60.8 Å². The number of aryl methyl sites for hydroxylation is 1. The van der Waals surface area contributed by atoms with Crippen molar-refractivity contribution in [3.05, 3.63) is 88.8 Å². The molecule has 3 aromatic carbocycles. The fourth-order valence-corrected chi connectivity index (χ4v) is 5.25. The number of fused-ring (bicyclic) bond motifs is 1. The van der Waals surface area contributed by atoms with Crippen LogP contribution in [-0.2, 0) is 10.0 Å². The van der Waals surface area contributed by atoms with Gasteiger partial charge in [0.1, 0.15) is 11.6 Å². The summed E-state index contributed by atoms with van der Waals surface area (Å²) in [5, 5.41) is 3.10. The van der Waals surface area contributed by atoms with E-state index in [1.807, 2.05) is 6.92 Å². The first-order valence-corrected chi connectivity index (χ1v) is 11.8. The summed E-state index contributed by atoms with van der Waals surface area (Å²) in [5.41, 5.74) is 1.27. The molecule has 0 atom stereocenters. The number of benzene rings is 3. The molecule has 5 nitrogen and oxygen atoms in total. The summed E-state index contributed by atoms with van der Waals surface area (Å²) in [7, 11) is -2.28. The number of carbonyl (C=O) groups is 1. The Hall–Kier alpha value is -3.30. The van der Waals surface area contributed by atoms with Gasteiger partial charge in [-0.2, -0.15) is 0 Å². The first-order valence-electron chi connectivity index (χ1n) is 9.51. The summed E-state index contributed by atoms with van der Waals surface area (Å²) < 4.78 is 54.8. The molecule has 0 aliphatic heterocycles. The quantitative estimate of drug-likeness (QED) is 0.413. The molecule has 0 aliphatic carbocycles. The van der Waals surface area contributed by atoms with E-state index in [0.717, 1.165) is 22.4 Å². The van der Waals surface area contributed by atoms with Crippen molar-refractivity contribution in [3.8, 4) is 0 Å². The van der Waals surface area contributed by atoms with Gasteiger partial charge in [0.15, 0.2) is 0 Å². The third kappa shape index (κ3) is 4.21. The van der Waals surface area contributed by atoms with Crippen LogP contribution in [0, 0.1) is 18.6 Å². The Morgan fingerprint density at radius 1 is 0.969 bits per heavy atom. The molecule has 0 spiro atoms. The molecule has 0 radical (unpaired) electrons. The highest BCUT2D eigenvalue weighted by molar-refractivity contribution is 7.92. The van der Waals surface area contributed by atoms with Crippen LogP contribution in [0.15, 0.2) is 71.6 Å². The van der Waals surface area contributed by atoms with Gasteiger partial charge in [-0.1, -0.05) is 17.7 Å². The van der Waals surface area contributed by atoms with E-state index in [1.54, 1.807) is 48.5 Å². The van der Waals surface area contributed by atoms with Crippen molar-refractivity contribution in [2.75, 3.05) is 16.7 Å². The molecule has 4 rings (SSSR count). The van der Waals surface area contributed by atoms with E-state index in [2.05, 4.69) is 5.32 Å². The predicted octanol–water partition coefficient (Wildman–Crippen LogP) is 5.57. The molecule has 1 amide bonds. The summed E-state index contributed by atoms with van der Waals surface area (Å²) in [4.78, 5) is 13.0. The van der Waals surface area contributed by atoms with Crippen molar-refractivity contribution < 1.29 is 22.0 Å². The number of nitrogens with zero attached hydrogens (tertiary/aromatic N) is 1. The number of carbonyl (C=O) groups excluding carboxylic acids is 1. The number of hydrogen-bond donors (Lipinski definition) is 1. The Bertz CT molecular complexity index is 1430. The molecule has 0 unspecified atom stereocenters. The zero-order valence-electron chi connectivity index (χ0n) is 17.1. The van der Waals surface area contributed by atoms with Crippen molar-refractivity contribution in [2.24, 2.45) is 0 Å². The minimum atomic E-state index is -3.75. The number of sulfonamides is 1. The van der Waals surface area contributed by atoms with Gasteiger partial charge in [-0.3, -0.25) is 9.10 Å². The van der Waals surface area contributed by atoms with Crippen molar-refractivity contribution in [1.29, 1.82) is 0 Å². The molecule has 1 aromatic heterocycles. The molecule has 0 saturated heterocycles. The highest BCUT2D eigenvalue weighted by Gasteiger charge is 2.22. The first-order chi connectivity index (χ1) is 15.1. The number of amides is 1. The molecular weight excluding hydrogens is 454 g/mol. The van der Waals surface area contributed by atoms with Gasteiger partial charge in [0.05, 0.1) is 21.1 Å². The summed E-state index contributed by atoms with van der Waals surface area (Å²) in [6.07, 6.45) is 0. The Balaban J connectivity index is 1.61. The lowest BCUT2D eigenvalue weighted by Gasteiger charge is -2.19. The normalized spacial score (nSPS) is 11.5. The van der Waals surface area contributed by atoms with Gasteiger partial charge >= 0.3 is 0 Å². The number of anilines is 2. The second-order valence-electron chi connectivity index (χ2n) is 7.20. The van der Waals surface area contributed by atoms with Crippen molar-refractivity contribution in [3.63, 3.8) is 0 Å². The standard InChI is InChI=1S/C23H18F2N2O3S2/c1-14-3-7-18(8-4-14)32(29,30)27(2)17-6-10-21-15(11-17)12-22(31-21)23(28)26-20-9-5-16(24)13-19(20)25/h3-13H,1-2H3,(H,26,28). The minimum Gasteiger partial charge on any atom is -0.319 e. The number of nitrogens with one attached hydrogen (secondary N) is 1. The van der Waals surface area contributed by atoms with Crippen LogP contribution < -0.4 is 9.62 Å². The zero-order valence-corrected chi connectivity index (χ0v) is 18.7. The topological polar surface area (TPSA) is 66.5 Å². The van der Waals surface area contributed by atoms with E-state index in [9.17, 15) is 22.0 Å². The Kier molecular flexibility index (Phi) is 5.70. The van der Waals surface area contributed by atoms with Crippen LogP contribution in [0.2, 0.25) is 0 Å². The second-order valence-corrected chi connectivity index (χ2v) is 10.2. The van der Waals surface area contributed by atoms with Gasteiger partial charge in [-0.25, -0.2) is 17.2 Å². The molecular formula is C23H18F2N2O3S2. The average molecular weight is 473 g/mol. The van der Waals surface area contributed by atoms with E-state index < -0.39 is 27.6 Å². The highest BCUT2D eigenvalue weighted by Crippen LogP contribution is 2.32. The number of halogens is 2. The van der Waals surface area contributed by atoms with Crippen LogP contribution in [0.25, 0.3) is 10.1 Å². The number of rotatable bonds is 5. The Morgan fingerprint density at radius 2 is 1.69 bits per heavy atom. The van der Waals surface area contributed by atoms with E-state index >= 15 is 0 Å². The SMILES string of the molecule is Cc1ccc(S(=O)(=O)N(C)c2ccc3sc(C(=O)Nc4ccc(F)cc4F)cc3c2)cc1.